The van der Waals surface area contributed by atoms with Crippen molar-refractivity contribution in [1.29, 1.82) is 0 Å². The Morgan fingerprint density at radius 3 is 1.61 bits per heavy atom. The van der Waals surface area contributed by atoms with E-state index in [4.69, 9.17) is 4.74 Å². The number of hydrogen-bond acceptors (Lipinski definition) is 4. The fourth-order valence-corrected chi connectivity index (χ4v) is 3.36. The highest BCUT2D eigenvalue weighted by molar-refractivity contribution is 5.81. The number of allylic oxidation sites excluding steroid dienone is 1. The molecule has 28 heavy (non-hydrogen) atoms. The predicted octanol–water partition coefficient (Wildman–Crippen LogP) is 6.77. The van der Waals surface area contributed by atoms with Gasteiger partial charge in [-0.2, -0.15) is 0 Å². The van der Waals surface area contributed by atoms with Crippen molar-refractivity contribution >= 4 is 11.9 Å². The molecule has 0 aliphatic carbocycles. The van der Waals surface area contributed by atoms with Crippen LogP contribution in [0.15, 0.2) is 12.2 Å². The number of hydrogen-bond donors (Lipinski definition) is 0. The number of carbonyl (C=O) groups excluding carboxylic acids is 2. The van der Waals surface area contributed by atoms with Crippen molar-refractivity contribution in [3.05, 3.63) is 12.2 Å². The monoisotopic (exact) mass is 396 g/mol. The normalized spacial score (nSPS) is 12.2. The molecule has 0 aromatic rings. The van der Waals surface area contributed by atoms with Crippen LogP contribution in [-0.2, 0) is 19.1 Å². The van der Waals surface area contributed by atoms with E-state index in [1.807, 2.05) is 6.08 Å². The van der Waals surface area contributed by atoms with Gasteiger partial charge in [-0.3, -0.25) is 9.59 Å². The lowest BCUT2D eigenvalue weighted by atomic mass is 10.0. The minimum atomic E-state index is -0.538. The molecule has 0 spiro atoms. The van der Waals surface area contributed by atoms with Gasteiger partial charge in [-0.25, -0.2) is 0 Å². The Morgan fingerprint density at radius 2 is 1.18 bits per heavy atom. The second-order valence-corrected chi connectivity index (χ2v) is 7.72. The summed E-state index contributed by atoms with van der Waals surface area (Å²) in [6, 6.07) is 0. The molecule has 1 unspecified atom stereocenters. The number of rotatable bonds is 19. The fourth-order valence-electron chi connectivity index (χ4n) is 3.36. The quantitative estimate of drug-likeness (QED) is 0.137. The van der Waals surface area contributed by atoms with Gasteiger partial charge in [0.25, 0.3) is 0 Å². The van der Waals surface area contributed by atoms with Gasteiger partial charge in [-0.05, 0) is 12.8 Å². The summed E-state index contributed by atoms with van der Waals surface area (Å²) in [6.45, 7) is 2.27. The van der Waals surface area contributed by atoms with Gasteiger partial charge in [0.05, 0.1) is 26.6 Å². The molecule has 4 heteroatoms. The van der Waals surface area contributed by atoms with Crippen LogP contribution in [-0.4, -0.2) is 26.2 Å². The number of esters is 2. The van der Waals surface area contributed by atoms with E-state index in [1.165, 1.54) is 97.7 Å². The van der Waals surface area contributed by atoms with Crippen LogP contribution in [0.2, 0.25) is 0 Å². The Balaban J connectivity index is 3.53. The van der Waals surface area contributed by atoms with E-state index in [0.29, 0.717) is 0 Å². The highest BCUT2D eigenvalue weighted by atomic mass is 16.5. The molecule has 0 bridgehead atoms. The van der Waals surface area contributed by atoms with Crippen LogP contribution in [0.3, 0.4) is 0 Å². The molecule has 164 valence electrons. The van der Waals surface area contributed by atoms with Crippen LogP contribution in [0.4, 0.5) is 0 Å². The first-order chi connectivity index (χ1) is 13.7. The summed E-state index contributed by atoms with van der Waals surface area (Å²) in [7, 11) is 2.67. The third kappa shape index (κ3) is 16.8. The lowest BCUT2D eigenvalue weighted by Crippen LogP contribution is -2.18. The topological polar surface area (TPSA) is 52.6 Å². The zero-order valence-corrected chi connectivity index (χ0v) is 18.7. The molecule has 0 saturated heterocycles. The second-order valence-electron chi connectivity index (χ2n) is 7.72. The first-order valence-electron chi connectivity index (χ1n) is 11.5. The second kappa shape index (κ2) is 20.4. The van der Waals surface area contributed by atoms with Gasteiger partial charge in [0.2, 0.25) is 0 Å². The fraction of sp³-hybridized carbons (Fsp3) is 0.833. The van der Waals surface area contributed by atoms with E-state index in [1.54, 1.807) is 6.08 Å². The minimum absolute atomic E-state index is 0.0401. The smallest absolute Gasteiger partial charge is 0.313 e. The van der Waals surface area contributed by atoms with Gasteiger partial charge < -0.3 is 9.47 Å². The molecule has 0 saturated carbocycles. The summed E-state index contributed by atoms with van der Waals surface area (Å²) >= 11 is 0. The zero-order chi connectivity index (χ0) is 20.9. The summed E-state index contributed by atoms with van der Waals surface area (Å²) in [5.74, 6) is -1.32. The largest absolute Gasteiger partial charge is 0.469 e. The number of unbranched alkanes of at least 4 members (excludes halogenated alkanes) is 14. The van der Waals surface area contributed by atoms with Gasteiger partial charge in [0.1, 0.15) is 0 Å². The number of carbonyl (C=O) groups is 2. The predicted molar refractivity (Wildman–Crippen MR) is 116 cm³/mol. The van der Waals surface area contributed by atoms with Crippen molar-refractivity contribution in [2.75, 3.05) is 14.2 Å². The van der Waals surface area contributed by atoms with E-state index in [-0.39, 0.29) is 12.4 Å². The Kier molecular flexibility index (Phi) is 19.5. The Labute approximate surface area is 173 Å². The van der Waals surface area contributed by atoms with E-state index in [2.05, 4.69) is 11.7 Å². The molecule has 0 amide bonds. The molecular weight excluding hydrogens is 352 g/mol. The Bertz CT molecular complexity index is 403. The van der Waals surface area contributed by atoms with Crippen molar-refractivity contribution in [3.8, 4) is 0 Å². The molecule has 4 nitrogen and oxygen atoms in total. The minimum Gasteiger partial charge on any atom is -0.469 e. The van der Waals surface area contributed by atoms with Crippen LogP contribution in [0.5, 0.6) is 0 Å². The maximum absolute atomic E-state index is 11.7. The molecule has 0 rings (SSSR count). The maximum Gasteiger partial charge on any atom is 0.313 e. The average molecular weight is 397 g/mol. The van der Waals surface area contributed by atoms with Crippen molar-refractivity contribution in [3.63, 3.8) is 0 Å². The highest BCUT2D eigenvalue weighted by Crippen LogP contribution is 2.14. The summed E-state index contributed by atoms with van der Waals surface area (Å²) in [5, 5.41) is 0. The van der Waals surface area contributed by atoms with Crippen molar-refractivity contribution in [2.45, 2.75) is 110 Å². The number of methoxy groups -OCH3 is 2. The van der Waals surface area contributed by atoms with Crippen LogP contribution < -0.4 is 0 Å². The van der Waals surface area contributed by atoms with Gasteiger partial charge >= 0.3 is 11.9 Å². The zero-order valence-electron chi connectivity index (χ0n) is 18.7. The van der Waals surface area contributed by atoms with Crippen LogP contribution in [0, 0.1) is 5.92 Å². The lowest BCUT2D eigenvalue weighted by Gasteiger charge is -2.08. The maximum atomic E-state index is 11.7. The standard InChI is InChI=1S/C24H44O4/c1-4-5-6-7-8-9-10-11-12-13-14-15-16-17-18-19-20-22(24(26)28-3)21-23(25)27-2/h19-20,22H,4-18,21H2,1-3H3/b20-19+. The van der Waals surface area contributed by atoms with E-state index < -0.39 is 11.9 Å². The first kappa shape index (κ1) is 26.7. The van der Waals surface area contributed by atoms with Crippen molar-refractivity contribution in [1.82, 2.24) is 0 Å². The number of ether oxygens (including phenoxy) is 2. The molecule has 0 heterocycles. The first-order valence-corrected chi connectivity index (χ1v) is 11.5. The SMILES string of the molecule is CCCCCCCCCCCCCCCC/C=C/C(CC(=O)OC)C(=O)OC. The van der Waals surface area contributed by atoms with Crippen LogP contribution >= 0.6 is 0 Å². The van der Waals surface area contributed by atoms with E-state index in [0.717, 1.165) is 12.8 Å². The molecule has 0 N–H and O–H groups in total. The molecule has 0 radical (unpaired) electrons. The van der Waals surface area contributed by atoms with Crippen LogP contribution in [0.1, 0.15) is 110 Å². The van der Waals surface area contributed by atoms with Crippen molar-refractivity contribution in [2.24, 2.45) is 5.92 Å². The summed E-state index contributed by atoms with van der Waals surface area (Å²) in [4.78, 5) is 23.0. The summed E-state index contributed by atoms with van der Waals surface area (Å²) in [5.41, 5.74) is 0. The van der Waals surface area contributed by atoms with E-state index in [9.17, 15) is 9.59 Å². The van der Waals surface area contributed by atoms with E-state index >= 15 is 0 Å². The molecule has 0 aromatic heterocycles. The van der Waals surface area contributed by atoms with Gasteiger partial charge in [0.15, 0.2) is 0 Å². The summed E-state index contributed by atoms with van der Waals surface area (Å²) in [6.07, 6.45) is 23.7. The average Bonchev–Trinajstić information content (AvgIpc) is 2.71. The van der Waals surface area contributed by atoms with Crippen LogP contribution in [0.25, 0.3) is 0 Å². The highest BCUT2D eigenvalue weighted by Gasteiger charge is 2.19. The van der Waals surface area contributed by atoms with Gasteiger partial charge in [-0.1, -0.05) is 103 Å². The molecule has 0 aliphatic rings. The molecule has 0 aliphatic heterocycles. The molecular formula is C24H44O4. The van der Waals surface area contributed by atoms with Crippen molar-refractivity contribution < 1.29 is 19.1 Å². The molecule has 0 aromatic carbocycles. The summed E-state index contributed by atoms with van der Waals surface area (Å²) < 4.78 is 9.37. The van der Waals surface area contributed by atoms with Gasteiger partial charge in [-0.15, -0.1) is 0 Å². The lowest BCUT2D eigenvalue weighted by molar-refractivity contribution is -0.150. The molecule has 0 fully saturated rings. The molecule has 1 atom stereocenters. The Hall–Kier alpha value is -1.32. The third-order valence-electron chi connectivity index (χ3n) is 5.21. The van der Waals surface area contributed by atoms with Gasteiger partial charge in [0, 0.05) is 0 Å². The Morgan fingerprint density at radius 1 is 0.714 bits per heavy atom. The third-order valence-corrected chi connectivity index (χ3v) is 5.21.